The predicted octanol–water partition coefficient (Wildman–Crippen LogP) is 6.97. The summed E-state index contributed by atoms with van der Waals surface area (Å²) in [7, 11) is -1.94. The lowest BCUT2D eigenvalue weighted by Crippen LogP contribution is -2.47. The van der Waals surface area contributed by atoms with Gasteiger partial charge in [0, 0.05) is 17.8 Å². The fourth-order valence-electron chi connectivity index (χ4n) is 4.05. The second kappa shape index (κ2) is 13.9. The van der Waals surface area contributed by atoms with E-state index < -0.39 is 20.5 Å². The Bertz CT molecular complexity index is 725. The van der Waals surface area contributed by atoms with Crippen LogP contribution in [0.15, 0.2) is 42.0 Å². The van der Waals surface area contributed by atoms with E-state index in [-0.39, 0.29) is 28.9 Å². The molecule has 0 saturated heterocycles. The Morgan fingerprint density at radius 3 is 2.18 bits per heavy atom. The molecule has 5 heteroatoms. The van der Waals surface area contributed by atoms with E-state index in [9.17, 15) is 10.2 Å². The van der Waals surface area contributed by atoms with Crippen molar-refractivity contribution in [3.05, 3.63) is 47.5 Å². The Labute approximate surface area is 210 Å². The smallest absolute Gasteiger partial charge is 0.192 e. The average molecular weight is 493 g/mol. The molecule has 0 spiro atoms. The molecule has 0 fully saturated rings. The molecule has 4 nitrogen and oxygen atoms in total. The first-order valence-corrected chi connectivity index (χ1v) is 16.0. The molecule has 0 radical (unpaired) electrons. The minimum absolute atomic E-state index is 0.00733. The number of benzene rings is 1. The zero-order valence-electron chi connectivity index (χ0n) is 23.5. The minimum atomic E-state index is -1.94. The molecule has 1 aromatic carbocycles. The van der Waals surface area contributed by atoms with Crippen LogP contribution in [-0.2, 0) is 15.8 Å². The van der Waals surface area contributed by atoms with Crippen LogP contribution in [0.4, 0.5) is 0 Å². The van der Waals surface area contributed by atoms with Crippen LogP contribution in [0.1, 0.15) is 73.8 Å². The standard InChI is InChI=1S/C29H52O4Si/c1-11-15-26(33-34(9,10)29(6,7)8)24(5)28(31)22(3)18-21(2)27(30)23(4)19-32-20-25-16-13-12-14-17-25/h12-14,16-18,21,23-24,26-28,30-31H,11,15,19-20H2,1-10H3/b22-18+/t21-,23-,24+,26+,27+,28+/m1/s1. The van der Waals surface area contributed by atoms with Crippen LogP contribution in [-0.4, -0.2) is 43.4 Å². The monoisotopic (exact) mass is 492 g/mol. The van der Waals surface area contributed by atoms with Gasteiger partial charge in [-0.2, -0.15) is 0 Å². The molecule has 6 atom stereocenters. The molecule has 0 saturated carbocycles. The van der Waals surface area contributed by atoms with Crippen LogP contribution in [0, 0.1) is 17.8 Å². The van der Waals surface area contributed by atoms with Gasteiger partial charge in [-0.15, -0.1) is 0 Å². The molecule has 34 heavy (non-hydrogen) atoms. The van der Waals surface area contributed by atoms with Crippen molar-refractivity contribution >= 4 is 8.32 Å². The third-order valence-corrected chi connectivity index (χ3v) is 12.0. The Kier molecular flexibility index (Phi) is 12.7. The molecule has 0 aliphatic carbocycles. The molecular weight excluding hydrogens is 440 g/mol. The molecule has 0 unspecified atom stereocenters. The molecule has 1 rings (SSSR count). The van der Waals surface area contributed by atoms with E-state index in [0.29, 0.717) is 13.2 Å². The Balaban J connectivity index is 2.75. The van der Waals surface area contributed by atoms with E-state index in [0.717, 1.165) is 24.0 Å². The molecule has 0 heterocycles. The van der Waals surface area contributed by atoms with Gasteiger partial charge in [0.05, 0.1) is 31.5 Å². The summed E-state index contributed by atoms with van der Waals surface area (Å²) in [5.74, 6) is -0.100. The molecule has 2 N–H and O–H groups in total. The highest BCUT2D eigenvalue weighted by molar-refractivity contribution is 6.74. The van der Waals surface area contributed by atoms with Gasteiger partial charge < -0.3 is 19.4 Å². The summed E-state index contributed by atoms with van der Waals surface area (Å²) >= 11 is 0. The molecule has 0 amide bonds. The van der Waals surface area contributed by atoms with Crippen LogP contribution in [0.2, 0.25) is 18.1 Å². The average Bonchev–Trinajstić information content (AvgIpc) is 2.76. The van der Waals surface area contributed by atoms with E-state index in [1.54, 1.807) is 0 Å². The van der Waals surface area contributed by atoms with Crippen LogP contribution >= 0.6 is 0 Å². The van der Waals surface area contributed by atoms with Crippen LogP contribution in [0.25, 0.3) is 0 Å². The van der Waals surface area contributed by atoms with Crippen molar-refractivity contribution in [3.63, 3.8) is 0 Å². The third kappa shape index (κ3) is 9.58. The van der Waals surface area contributed by atoms with Crippen molar-refractivity contribution in [2.24, 2.45) is 17.8 Å². The quantitative estimate of drug-likeness (QED) is 0.217. The largest absolute Gasteiger partial charge is 0.414 e. The molecule has 0 aromatic heterocycles. The van der Waals surface area contributed by atoms with Gasteiger partial charge in [0.2, 0.25) is 0 Å². The first kappa shape index (κ1) is 31.0. The predicted molar refractivity (Wildman–Crippen MR) is 146 cm³/mol. The topological polar surface area (TPSA) is 58.9 Å². The maximum absolute atomic E-state index is 11.2. The van der Waals surface area contributed by atoms with E-state index in [1.807, 2.05) is 57.2 Å². The maximum atomic E-state index is 11.2. The number of ether oxygens (including phenoxy) is 1. The van der Waals surface area contributed by atoms with Gasteiger partial charge in [0.15, 0.2) is 8.32 Å². The molecule has 1 aromatic rings. The summed E-state index contributed by atoms with van der Waals surface area (Å²) in [5.41, 5.74) is 2.03. The van der Waals surface area contributed by atoms with Gasteiger partial charge in [-0.1, -0.05) is 91.3 Å². The normalized spacial score (nSPS) is 18.8. The summed E-state index contributed by atoms with van der Waals surface area (Å²) in [6, 6.07) is 10.1. The zero-order chi connectivity index (χ0) is 26.1. The van der Waals surface area contributed by atoms with Crippen molar-refractivity contribution in [2.75, 3.05) is 6.61 Å². The van der Waals surface area contributed by atoms with E-state index in [4.69, 9.17) is 9.16 Å². The number of aliphatic hydroxyl groups is 2. The lowest BCUT2D eigenvalue weighted by molar-refractivity contribution is 0.0123. The Morgan fingerprint density at radius 2 is 1.65 bits per heavy atom. The minimum Gasteiger partial charge on any atom is -0.414 e. The fourth-order valence-corrected chi connectivity index (χ4v) is 5.50. The maximum Gasteiger partial charge on any atom is 0.192 e. The molecule has 0 aliphatic heterocycles. The van der Waals surface area contributed by atoms with Gasteiger partial charge >= 0.3 is 0 Å². The fraction of sp³-hybridized carbons (Fsp3) is 0.724. The van der Waals surface area contributed by atoms with Gasteiger partial charge in [-0.05, 0) is 42.6 Å². The van der Waals surface area contributed by atoms with Crippen molar-refractivity contribution in [3.8, 4) is 0 Å². The zero-order valence-corrected chi connectivity index (χ0v) is 24.5. The molecular formula is C29H52O4Si. The summed E-state index contributed by atoms with van der Waals surface area (Å²) in [4.78, 5) is 0. The number of hydrogen-bond donors (Lipinski definition) is 2. The number of rotatable bonds is 14. The van der Waals surface area contributed by atoms with Crippen LogP contribution in [0.3, 0.4) is 0 Å². The van der Waals surface area contributed by atoms with E-state index >= 15 is 0 Å². The highest BCUT2D eigenvalue weighted by Gasteiger charge is 2.41. The van der Waals surface area contributed by atoms with Gasteiger partial charge in [-0.3, -0.25) is 0 Å². The van der Waals surface area contributed by atoms with Gasteiger partial charge in [0.25, 0.3) is 0 Å². The van der Waals surface area contributed by atoms with Gasteiger partial charge in [-0.25, -0.2) is 0 Å². The van der Waals surface area contributed by atoms with Crippen molar-refractivity contribution in [1.82, 2.24) is 0 Å². The lowest BCUT2D eigenvalue weighted by Gasteiger charge is -2.42. The SMILES string of the molecule is CCC[C@H](O[Si](C)(C)C(C)(C)C)[C@H](C)[C@@H](O)/C(C)=C/[C@@H](C)[C@H](O)[C@H](C)COCc1ccccc1. The van der Waals surface area contributed by atoms with E-state index in [1.165, 1.54) is 0 Å². The molecule has 0 aliphatic rings. The van der Waals surface area contributed by atoms with E-state index in [2.05, 4.69) is 47.7 Å². The second-order valence-corrected chi connectivity index (χ2v) is 16.5. The van der Waals surface area contributed by atoms with Gasteiger partial charge in [0.1, 0.15) is 0 Å². The Hall–Kier alpha value is -0.983. The number of aliphatic hydroxyl groups excluding tert-OH is 2. The first-order valence-electron chi connectivity index (χ1n) is 13.0. The van der Waals surface area contributed by atoms with Crippen LogP contribution in [0.5, 0.6) is 0 Å². The first-order chi connectivity index (χ1) is 15.7. The second-order valence-electron chi connectivity index (χ2n) is 11.7. The highest BCUT2D eigenvalue weighted by Crippen LogP contribution is 2.39. The summed E-state index contributed by atoms with van der Waals surface area (Å²) in [6.07, 6.45) is 2.87. The Morgan fingerprint density at radius 1 is 1.06 bits per heavy atom. The molecule has 196 valence electrons. The van der Waals surface area contributed by atoms with Crippen molar-refractivity contribution < 1.29 is 19.4 Å². The van der Waals surface area contributed by atoms with Crippen LogP contribution < -0.4 is 0 Å². The molecule has 0 bridgehead atoms. The summed E-state index contributed by atoms with van der Waals surface area (Å²) in [5, 5.41) is 22.2. The van der Waals surface area contributed by atoms with Crippen molar-refractivity contribution in [1.29, 1.82) is 0 Å². The third-order valence-electron chi connectivity index (χ3n) is 7.52. The summed E-state index contributed by atoms with van der Waals surface area (Å²) < 4.78 is 12.6. The highest BCUT2D eigenvalue weighted by atomic mass is 28.4. The summed E-state index contributed by atoms with van der Waals surface area (Å²) in [6.45, 7) is 22.6. The lowest BCUT2D eigenvalue weighted by atomic mass is 9.87. The number of hydrogen-bond acceptors (Lipinski definition) is 4. The van der Waals surface area contributed by atoms with Crippen molar-refractivity contribution in [2.45, 2.75) is 111 Å².